The van der Waals surface area contributed by atoms with Crippen molar-refractivity contribution < 1.29 is 4.79 Å². The highest BCUT2D eigenvalue weighted by Gasteiger charge is 2.01. The van der Waals surface area contributed by atoms with Gasteiger partial charge < -0.3 is 5.73 Å². The van der Waals surface area contributed by atoms with Gasteiger partial charge in [-0.25, -0.2) is 0 Å². The van der Waals surface area contributed by atoms with E-state index in [1.165, 1.54) is 11.3 Å². The lowest BCUT2D eigenvalue weighted by molar-refractivity contribution is 0.102. The summed E-state index contributed by atoms with van der Waals surface area (Å²) in [6, 6.07) is 3.62. The molecule has 0 amide bonds. The fourth-order valence-corrected chi connectivity index (χ4v) is 1.51. The van der Waals surface area contributed by atoms with Crippen molar-refractivity contribution in [1.82, 2.24) is 0 Å². The standard InChI is InChI=1S/C9H9NOS/c1-7(11)9-5-4-8(12-9)3-2-6-10/h4-5H,6,10H2,1H3. The van der Waals surface area contributed by atoms with Gasteiger partial charge in [-0.15, -0.1) is 11.3 Å². The molecule has 62 valence electrons. The maximum Gasteiger partial charge on any atom is 0.169 e. The highest BCUT2D eigenvalue weighted by atomic mass is 32.1. The summed E-state index contributed by atoms with van der Waals surface area (Å²) in [6.45, 7) is 1.90. The Kier molecular flexibility index (Phi) is 3.03. The third kappa shape index (κ3) is 2.19. The van der Waals surface area contributed by atoms with E-state index in [9.17, 15) is 4.79 Å². The summed E-state index contributed by atoms with van der Waals surface area (Å²) in [4.78, 5) is 12.5. The SMILES string of the molecule is CC(=O)c1ccc(C#CCN)s1. The van der Waals surface area contributed by atoms with Crippen LogP contribution in [0.25, 0.3) is 0 Å². The Morgan fingerprint density at radius 3 is 2.92 bits per heavy atom. The van der Waals surface area contributed by atoms with Gasteiger partial charge in [0.15, 0.2) is 5.78 Å². The number of carbonyl (C=O) groups is 1. The molecule has 0 saturated carbocycles. The summed E-state index contributed by atoms with van der Waals surface area (Å²) in [5, 5.41) is 0. The van der Waals surface area contributed by atoms with Gasteiger partial charge in [-0.2, -0.15) is 0 Å². The van der Waals surface area contributed by atoms with E-state index in [1.807, 2.05) is 6.07 Å². The lowest BCUT2D eigenvalue weighted by atomic mass is 10.3. The van der Waals surface area contributed by atoms with Crippen LogP contribution >= 0.6 is 11.3 Å². The van der Waals surface area contributed by atoms with E-state index in [0.717, 1.165) is 9.75 Å². The van der Waals surface area contributed by atoms with Crippen LogP contribution in [0.4, 0.5) is 0 Å². The molecule has 1 aromatic rings. The van der Waals surface area contributed by atoms with Crippen LogP contribution in [0.15, 0.2) is 12.1 Å². The van der Waals surface area contributed by atoms with E-state index >= 15 is 0 Å². The third-order valence-electron chi connectivity index (χ3n) is 1.27. The van der Waals surface area contributed by atoms with Crippen LogP contribution in [0.1, 0.15) is 21.5 Å². The van der Waals surface area contributed by atoms with Gasteiger partial charge in [0.05, 0.1) is 16.3 Å². The fourth-order valence-electron chi connectivity index (χ4n) is 0.732. The smallest absolute Gasteiger partial charge is 0.169 e. The predicted molar refractivity (Wildman–Crippen MR) is 50.3 cm³/mol. The Labute approximate surface area is 75.4 Å². The highest BCUT2D eigenvalue weighted by molar-refractivity contribution is 7.14. The topological polar surface area (TPSA) is 43.1 Å². The van der Waals surface area contributed by atoms with E-state index in [4.69, 9.17) is 5.73 Å². The van der Waals surface area contributed by atoms with E-state index in [-0.39, 0.29) is 5.78 Å². The second-order valence-electron chi connectivity index (χ2n) is 2.23. The minimum Gasteiger partial charge on any atom is -0.320 e. The maximum absolute atomic E-state index is 10.9. The molecule has 0 aliphatic carbocycles. The van der Waals surface area contributed by atoms with Crippen LogP contribution in [0.2, 0.25) is 0 Å². The molecular formula is C9H9NOS. The quantitative estimate of drug-likeness (QED) is 0.521. The molecule has 1 aromatic heterocycles. The Morgan fingerprint density at radius 1 is 1.67 bits per heavy atom. The van der Waals surface area contributed by atoms with Crippen molar-refractivity contribution in [2.75, 3.05) is 6.54 Å². The maximum atomic E-state index is 10.9. The van der Waals surface area contributed by atoms with Gasteiger partial charge in [0.25, 0.3) is 0 Å². The highest BCUT2D eigenvalue weighted by Crippen LogP contribution is 2.15. The molecule has 0 aromatic carbocycles. The monoisotopic (exact) mass is 179 g/mol. The molecule has 0 radical (unpaired) electrons. The van der Waals surface area contributed by atoms with Gasteiger partial charge >= 0.3 is 0 Å². The average molecular weight is 179 g/mol. The molecule has 12 heavy (non-hydrogen) atoms. The number of rotatable bonds is 1. The van der Waals surface area contributed by atoms with Gasteiger partial charge in [0.2, 0.25) is 0 Å². The Morgan fingerprint density at radius 2 is 2.42 bits per heavy atom. The first-order valence-electron chi connectivity index (χ1n) is 3.53. The van der Waals surface area contributed by atoms with Crippen LogP contribution < -0.4 is 5.73 Å². The molecule has 0 aliphatic rings. The zero-order valence-electron chi connectivity index (χ0n) is 6.76. The molecule has 0 bridgehead atoms. The summed E-state index contributed by atoms with van der Waals surface area (Å²) in [5.74, 6) is 5.69. The molecule has 2 N–H and O–H groups in total. The normalized spacial score (nSPS) is 8.83. The molecule has 0 fully saturated rings. The first-order valence-corrected chi connectivity index (χ1v) is 4.35. The fraction of sp³-hybridized carbons (Fsp3) is 0.222. The average Bonchev–Trinajstić information content (AvgIpc) is 2.48. The van der Waals surface area contributed by atoms with Crippen LogP contribution in [0.3, 0.4) is 0 Å². The largest absolute Gasteiger partial charge is 0.320 e. The summed E-state index contributed by atoms with van der Waals surface area (Å²) in [6.07, 6.45) is 0. The predicted octanol–water partition coefficient (Wildman–Crippen LogP) is 1.26. The van der Waals surface area contributed by atoms with Crippen molar-refractivity contribution in [3.05, 3.63) is 21.9 Å². The van der Waals surface area contributed by atoms with E-state index in [1.54, 1.807) is 13.0 Å². The van der Waals surface area contributed by atoms with Crippen molar-refractivity contribution >= 4 is 17.1 Å². The lowest BCUT2D eigenvalue weighted by Crippen LogP contribution is -1.92. The van der Waals surface area contributed by atoms with Crippen molar-refractivity contribution in [2.24, 2.45) is 5.73 Å². The zero-order valence-corrected chi connectivity index (χ0v) is 7.57. The molecule has 1 rings (SSSR count). The van der Waals surface area contributed by atoms with Gasteiger partial charge in [-0.05, 0) is 19.1 Å². The first-order chi connectivity index (χ1) is 5.74. The van der Waals surface area contributed by atoms with Gasteiger partial charge in [0, 0.05) is 0 Å². The second-order valence-corrected chi connectivity index (χ2v) is 3.31. The molecule has 0 atom stereocenters. The third-order valence-corrected chi connectivity index (χ3v) is 2.37. The molecule has 0 spiro atoms. The van der Waals surface area contributed by atoms with E-state index in [2.05, 4.69) is 11.8 Å². The molecule has 0 saturated heterocycles. The molecule has 0 unspecified atom stereocenters. The number of Topliss-reactive ketones (excluding diaryl/α,β-unsaturated/α-hetero) is 1. The van der Waals surface area contributed by atoms with E-state index in [0.29, 0.717) is 6.54 Å². The number of ketones is 1. The van der Waals surface area contributed by atoms with Gasteiger partial charge in [-0.3, -0.25) is 4.79 Å². The van der Waals surface area contributed by atoms with Crippen LogP contribution in [0, 0.1) is 11.8 Å². The number of thiophene rings is 1. The van der Waals surface area contributed by atoms with Crippen LogP contribution in [0.5, 0.6) is 0 Å². The number of carbonyl (C=O) groups excluding carboxylic acids is 1. The number of nitrogens with two attached hydrogens (primary N) is 1. The van der Waals surface area contributed by atoms with Crippen molar-refractivity contribution in [3.8, 4) is 11.8 Å². The van der Waals surface area contributed by atoms with Crippen LogP contribution in [-0.2, 0) is 0 Å². The Bertz CT molecular complexity index is 343. The van der Waals surface area contributed by atoms with Crippen molar-refractivity contribution in [2.45, 2.75) is 6.92 Å². The van der Waals surface area contributed by atoms with E-state index < -0.39 is 0 Å². The summed E-state index contributed by atoms with van der Waals surface area (Å²) >= 11 is 1.40. The van der Waals surface area contributed by atoms with Crippen molar-refractivity contribution in [1.29, 1.82) is 0 Å². The molecule has 2 nitrogen and oxygen atoms in total. The van der Waals surface area contributed by atoms with Gasteiger partial charge in [-0.1, -0.05) is 11.8 Å². The second kappa shape index (κ2) is 4.05. The van der Waals surface area contributed by atoms with Crippen molar-refractivity contribution in [3.63, 3.8) is 0 Å². The summed E-state index contributed by atoms with van der Waals surface area (Å²) in [7, 11) is 0. The Hall–Kier alpha value is -1.11. The van der Waals surface area contributed by atoms with Gasteiger partial charge in [0.1, 0.15) is 0 Å². The summed E-state index contributed by atoms with van der Waals surface area (Å²) in [5.41, 5.74) is 5.21. The Balaban J connectivity index is 2.84. The van der Waals surface area contributed by atoms with Crippen LogP contribution in [-0.4, -0.2) is 12.3 Å². The molecule has 0 aliphatic heterocycles. The zero-order chi connectivity index (χ0) is 8.97. The minimum atomic E-state index is 0.0841. The summed E-state index contributed by atoms with van der Waals surface area (Å²) < 4.78 is 0. The molecule has 1 heterocycles. The lowest BCUT2D eigenvalue weighted by Gasteiger charge is -1.81. The first kappa shape index (κ1) is 8.98. The number of hydrogen-bond donors (Lipinski definition) is 1. The molecular weight excluding hydrogens is 170 g/mol. The minimum absolute atomic E-state index is 0.0841. The number of hydrogen-bond acceptors (Lipinski definition) is 3. The molecule has 3 heteroatoms.